The second kappa shape index (κ2) is 6.83. The Kier molecular flexibility index (Phi) is 4.42. The molecule has 1 heterocycles. The van der Waals surface area contributed by atoms with Crippen molar-refractivity contribution in [1.29, 1.82) is 0 Å². The maximum atomic E-state index is 12.0. The number of aromatic amines is 1. The van der Waals surface area contributed by atoms with Crippen molar-refractivity contribution < 1.29 is 14.3 Å². The van der Waals surface area contributed by atoms with Crippen molar-refractivity contribution >= 4 is 28.6 Å². The number of carbonyl (C=O) groups is 2. The van der Waals surface area contributed by atoms with Crippen LogP contribution in [0.1, 0.15) is 16.2 Å². The Bertz CT molecular complexity index is 995. The van der Waals surface area contributed by atoms with E-state index < -0.39 is 12.0 Å². The minimum atomic E-state index is -0.693. The molecule has 2 aromatic carbocycles. The first-order valence-electron chi connectivity index (χ1n) is 7.34. The molecule has 3 aromatic rings. The van der Waals surface area contributed by atoms with Crippen molar-refractivity contribution in [2.24, 2.45) is 5.73 Å². The maximum Gasteiger partial charge on any atom is 0.338 e. The first-order chi connectivity index (χ1) is 12.0. The van der Waals surface area contributed by atoms with E-state index in [4.69, 9.17) is 10.5 Å². The standard InChI is InChI=1S/C17H14N4O4/c18-17(24)19-11-7-5-10(6-8-11)16(23)25-9-14-20-13-4-2-1-3-12(13)15(22)21-14/h1-8H,9H2,(H3,18,19,24)(H,20,21,22). The van der Waals surface area contributed by atoms with Gasteiger partial charge in [0.2, 0.25) is 0 Å². The second-order valence-corrected chi connectivity index (χ2v) is 5.17. The van der Waals surface area contributed by atoms with E-state index in [-0.39, 0.29) is 23.6 Å². The number of para-hydroxylation sites is 1. The molecule has 0 saturated carbocycles. The van der Waals surface area contributed by atoms with Gasteiger partial charge in [-0.1, -0.05) is 12.1 Å². The summed E-state index contributed by atoms with van der Waals surface area (Å²) < 4.78 is 5.16. The Labute approximate surface area is 141 Å². The van der Waals surface area contributed by atoms with Crippen molar-refractivity contribution in [3.05, 3.63) is 70.3 Å². The number of nitrogens with two attached hydrogens (primary N) is 1. The van der Waals surface area contributed by atoms with Crippen molar-refractivity contribution in [3.63, 3.8) is 0 Å². The number of carbonyl (C=O) groups excluding carboxylic acids is 2. The topological polar surface area (TPSA) is 127 Å². The number of fused-ring (bicyclic) bond motifs is 1. The lowest BCUT2D eigenvalue weighted by molar-refractivity contribution is 0.0462. The molecule has 8 nitrogen and oxygen atoms in total. The zero-order chi connectivity index (χ0) is 17.8. The van der Waals surface area contributed by atoms with Gasteiger partial charge in [0.25, 0.3) is 5.56 Å². The van der Waals surface area contributed by atoms with Crippen molar-refractivity contribution in [2.45, 2.75) is 6.61 Å². The largest absolute Gasteiger partial charge is 0.454 e. The van der Waals surface area contributed by atoms with Gasteiger partial charge in [0.1, 0.15) is 12.4 Å². The van der Waals surface area contributed by atoms with Crippen molar-refractivity contribution in [2.75, 3.05) is 5.32 Å². The highest BCUT2D eigenvalue weighted by Crippen LogP contribution is 2.11. The lowest BCUT2D eigenvalue weighted by Gasteiger charge is -2.06. The zero-order valence-electron chi connectivity index (χ0n) is 13.0. The molecule has 0 aliphatic rings. The molecule has 25 heavy (non-hydrogen) atoms. The highest BCUT2D eigenvalue weighted by Gasteiger charge is 2.10. The van der Waals surface area contributed by atoms with E-state index in [9.17, 15) is 14.4 Å². The molecule has 4 N–H and O–H groups in total. The number of urea groups is 1. The van der Waals surface area contributed by atoms with Gasteiger partial charge < -0.3 is 20.8 Å². The Morgan fingerprint density at radius 1 is 1.12 bits per heavy atom. The highest BCUT2D eigenvalue weighted by molar-refractivity contribution is 5.91. The average Bonchev–Trinajstić information content (AvgIpc) is 2.60. The minimum Gasteiger partial charge on any atom is -0.454 e. The van der Waals surface area contributed by atoms with Crippen LogP contribution in [0.5, 0.6) is 0 Å². The van der Waals surface area contributed by atoms with Crippen LogP contribution in [0.3, 0.4) is 0 Å². The lowest BCUT2D eigenvalue weighted by atomic mass is 10.2. The molecule has 0 aliphatic carbocycles. The fraction of sp³-hybridized carbons (Fsp3) is 0.0588. The molecule has 8 heteroatoms. The molecule has 2 amide bonds. The van der Waals surface area contributed by atoms with E-state index in [0.29, 0.717) is 16.6 Å². The molecule has 0 atom stereocenters. The molecule has 3 rings (SSSR count). The van der Waals surface area contributed by atoms with Gasteiger partial charge >= 0.3 is 12.0 Å². The van der Waals surface area contributed by atoms with Crippen LogP contribution in [0, 0.1) is 0 Å². The van der Waals surface area contributed by atoms with Crippen molar-refractivity contribution in [3.8, 4) is 0 Å². The lowest BCUT2D eigenvalue weighted by Crippen LogP contribution is -2.19. The molecule has 0 spiro atoms. The number of rotatable bonds is 4. The van der Waals surface area contributed by atoms with Gasteiger partial charge in [-0.25, -0.2) is 14.6 Å². The number of anilines is 1. The van der Waals surface area contributed by atoms with E-state index in [1.165, 1.54) is 24.3 Å². The first kappa shape index (κ1) is 16.2. The fourth-order valence-electron chi connectivity index (χ4n) is 2.25. The van der Waals surface area contributed by atoms with Gasteiger partial charge in [0, 0.05) is 5.69 Å². The third-order valence-corrected chi connectivity index (χ3v) is 3.39. The van der Waals surface area contributed by atoms with Crippen LogP contribution in [-0.4, -0.2) is 22.0 Å². The number of hydrogen-bond acceptors (Lipinski definition) is 5. The van der Waals surface area contributed by atoms with Gasteiger partial charge in [-0.15, -0.1) is 0 Å². The maximum absolute atomic E-state index is 12.0. The number of aromatic nitrogens is 2. The third-order valence-electron chi connectivity index (χ3n) is 3.39. The Morgan fingerprint density at radius 2 is 1.84 bits per heavy atom. The van der Waals surface area contributed by atoms with E-state index >= 15 is 0 Å². The van der Waals surface area contributed by atoms with Crippen LogP contribution >= 0.6 is 0 Å². The van der Waals surface area contributed by atoms with Crippen LogP contribution in [0.25, 0.3) is 10.9 Å². The quantitative estimate of drug-likeness (QED) is 0.625. The minimum absolute atomic E-state index is 0.166. The average molecular weight is 338 g/mol. The predicted octanol–water partition coefficient (Wildman–Crippen LogP) is 1.77. The summed E-state index contributed by atoms with van der Waals surface area (Å²) in [6, 6.07) is 12.2. The third kappa shape index (κ3) is 3.81. The molecular formula is C17H14N4O4. The smallest absolute Gasteiger partial charge is 0.338 e. The summed E-state index contributed by atoms with van der Waals surface area (Å²) in [7, 11) is 0. The van der Waals surface area contributed by atoms with Gasteiger partial charge in [0.15, 0.2) is 0 Å². The molecule has 0 aliphatic heterocycles. The summed E-state index contributed by atoms with van der Waals surface area (Å²) in [6.07, 6.45) is 0. The van der Waals surface area contributed by atoms with Gasteiger partial charge in [-0.3, -0.25) is 4.79 Å². The Morgan fingerprint density at radius 3 is 2.56 bits per heavy atom. The molecule has 0 bridgehead atoms. The number of hydrogen-bond donors (Lipinski definition) is 3. The van der Waals surface area contributed by atoms with Gasteiger partial charge in [-0.05, 0) is 36.4 Å². The molecule has 1 aromatic heterocycles. The number of esters is 1. The molecule has 126 valence electrons. The van der Waals surface area contributed by atoms with E-state index in [1.807, 2.05) is 0 Å². The number of amides is 2. The summed E-state index contributed by atoms with van der Waals surface area (Å²) in [5.41, 5.74) is 5.99. The van der Waals surface area contributed by atoms with Gasteiger partial charge in [-0.2, -0.15) is 0 Å². The van der Waals surface area contributed by atoms with Crippen LogP contribution in [0.4, 0.5) is 10.5 Å². The zero-order valence-corrected chi connectivity index (χ0v) is 13.0. The van der Waals surface area contributed by atoms with Crippen LogP contribution in [-0.2, 0) is 11.3 Å². The molecule has 0 radical (unpaired) electrons. The number of H-pyrrole nitrogens is 1. The summed E-state index contributed by atoms with van der Waals surface area (Å²) in [4.78, 5) is 41.6. The van der Waals surface area contributed by atoms with Crippen LogP contribution < -0.4 is 16.6 Å². The SMILES string of the molecule is NC(=O)Nc1ccc(C(=O)OCc2nc3ccccc3c(=O)[nH]2)cc1. The second-order valence-electron chi connectivity index (χ2n) is 5.17. The van der Waals surface area contributed by atoms with Gasteiger partial charge in [0.05, 0.1) is 16.5 Å². The normalized spacial score (nSPS) is 10.4. The fourth-order valence-corrected chi connectivity index (χ4v) is 2.25. The van der Waals surface area contributed by atoms with E-state index in [2.05, 4.69) is 15.3 Å². The van der Waals surface area contributed by atoms with E-state index in [1.54, 1.807) is 24.3 Å². The summed E-state index contributed by atoms with van der Waals surface area (Å²) >= 11 is 0. The summed E-state index contributed by atoms with van der Waals surface area (Å²) in [5, 5.41) is 2.86. The van der Waals surface area contributed by atoms with Crippen LogP contribution in [0.15, 0.2) is 53.3 Å². The molecule has 0 saturated heterocycles. The number of nitrogens with one attached hydrogen (secondary N) is 2. The first-order valence-corrected chi connectivity index (χ1v) is 7.34. The predicted molar refractivity (Wildman–Crippen MR) is 91.1 cm³/mol. The van der Waals surface area contributed by atoms with Crippen molar-refractivity contribution in [1.82, 2.24) is 9.97 Å². The Hall–Kier alpha value is -3.68. The molecule has 0 unspecified atom stereocenters. The van der Waals surface area contributed by atoms with Crippen LogP contribution in [0.2, 0.25) is 0 Å². The Balaban J connectivity index is 1.70. The number of benzene rings is 2. The number of ether oxygens (including phenoxy) is 1. The number of nitrogens with zero attached hydrogens (tertiary/aromatic N) is 1. The molecular weight excluding hydrogens is 324 g/mol. The summed E-state index contributed by atoms with van der Waals surface area (Å²) in [6.45, 7) is -0.166. The summed E-state index contributed by atoms with van der Waals surface area (Å²) in [5.74, 6) is -0.328. The van der Waals surface area contributed by atoms with E-state index in [0.717, 1.165) is 0 Å². The highest BCUT2D eigenvalue weighted by atomic mass is 16.5. The molecule has 0 fully saturated rings. The monoisotopic (exact) mass is 338 g/mol. The number of primary amides is 1.